The third kappa shape index (κ3) is 1.91. The van der Waals surface area contributed by atoms with E-state index in [1.165, 1.54) is 0 Å². The lowest BCUT2D eigenvalue weighted by Crippen LogP contribution is -2.51. The van der Waals surface area contributed by atoms with Crippen LogP contribution in [0.5, 0.6) is 5.75 Å². The molecule has 2 heterocycles. The summed E-state index contributed by atoms with van der Waals surface area (Å²) in [6.45, 7) is 2.66. The van der Waals surface area contributed by atoms with Gasteiger partial charge in [0.15, 0.2) is 5.60 Å². The molecule has 1 saturated heterocycles. The summed E-state index contributed by atoms with van der Waals surface area (Å²) in [7, 11) is 0. The van der Waals surface area contributed by atoms with Gasteiger partial charge in [-0.25, -0.2) is 0 Å². The summed E-state index contributed by atoms with van der Waals surface area (Å²) < 4.78 is 5.88. The molecule has 0 bridgehead atoms. The van der Waals surface area contributed by atoms with Crippen molar-refractivity contribution in [1.29, 1.82) is 0 Å². The van der Waals surface area contributed by atoms with Crippen LogP contribution in [0.1, 0.15) is 30.1 Å². The number of piperidine rings is 1. The van der Waals surface area contributed by atoms with Gasteiger partial charge < -0.3 is 9.64 Å². The van der Waals surface area contributed by atoms with Crippen LogP contribution >= 0.6 is 11.6 Å². The average Bonchev–Trinajstić information content (AvgIpc) is 2.63. The number of rotatable bonds is 0. The maximum atomic E-state index is 12.5. The smallest absolute Gasteiger partial charge is 0.219 e. The monoisotopic (exact) mass is 279 g/mol. The van der Waals surface area contributed by atoms with Crippen molar-refractivity contribution in [3.05, 3.63) is 28.8 Å². The number of amides is 1. The summed E-state index contributed by atoms with van der Waals surface area (Å²) in [6.07, 6.45) is 1.08. The minimum absolute atomic E-state index is 0.0161. The van der Waals surface area contributed by atoms with Crippen LogP contribution < -0.4 is 4.74 Å². The number of carbonyl (C=O) groups is 2. The predicted octanol–water partition coefficient (Wildman–Crippen LogP) is 2.30. The van der Waals surface area contributed by atoms with E-state index in [9.17, 15) is 9.59 Å². The fourth-order valence-electron chi connectivity index (χ4n) is 2.78. The van der Waals surface area contributed by atoms with Gasteiger partial charge in [-0.15, -0.1) is 0 Å². The van der Waals surface area contributed by atoms with E-state index < -0.39 is 5.60 Å². The molecule has 0 radical (unpaired) electrons. The number of nitrogens with zero attached hydrogens (tertiary/aromatic N) is 1. The topological polar surface area (TPSA) is 46.6 Å². The molecule has 1 aromatic rings. The fraction of sp³-hybridized carbons (Fsp3) is 0.429. The molecule has 2 aliphatic rings. The maximum Gasteiger partial charge on any atom is 0.219 e. The first-order valence-corrected chi connectivity index (χ1v) is 6.68. The molecular weight excluding hydrogens is 266 g/mol. The standard InChI is InChI=1S/C14H14ClNO3/c1-9(17)16-6-4-14(5-7-16)13(18)11-3-2-10(15)8-12(11)19-14/h2-3,8H,4-7H2,1H3. The Morgan fingerprint density at radius 1 is 1.37 bits per heavy atom. The lowest BCUT2D eigenvalue weighted by atomic mass is 9.86. The molecule has 100 valence electrons. The van der Waals surface area contributed by atoms with Crippen molar-refractivity contribution < 1.29 is 14.3 Å². The number of hydrogen-bond donors (Lipinski definition) is 0. The second kappa shape index (κ2) is 4.23. The first-order valence-electron chi connectivity index (χ1n) is 6.31. The van der Waals surface area contributed by atoms with Gasteiger partial charge in [-0.2, -0.15) is 0 Å². The summed E-state index contributed by atoms with van der Waals surface area (Å²) >= 11 is 5.92. The van der Waals surface area contributed by atoms with Crippen molar-refractivity contribution in [2.75, 3.05) is 13.1 Å². The van der Waals surface area contributed by atoms with E-state index in [-0.39, 0.29) is 11.7 Å². The molecular formula is C14H14ClNO3. The van der Waals surface area contributed by atoms with Gasteiger partial charge in [0.1, 0.15) is 5.75 Å². The van der Waals surface area contributed by atoms with Crippen LogP contribution in [0, 0.1) is 0 Å². The molecule has 3 rings (SSSR count). The molecule has 1 aromatic carbocycles. The van der Waals surface area contributed by atoms with Crippen molar-refractivity contribution in [1.82, 2.24) is 4.90 Å². The number of Topliss-reactive ketones (excluding diaryl/α,β-unsaturated/α-hetero) is 1. The minimum atomic E-state index is -0.793. The van der Waals surface area contributed by atoms with Crippen molar-refractivity contribution >= 4 is 23.3 Å². The van der Waals surface area contributed by atoms with E-state index in [0.29, 0.717) is 42.3 Å². The molecule has 0 aromatic heterocycles. The summed E-state index contributed by atoms with van der Waals surface area (Å²) in [5.74, 6) is 0.622. The largest absolute Gasteiger partial charge is 0.478 e. The van der Waals surface area contributed by atoms with Crippen LogP contribution in [0.4, 0.5) is 0 Å². The average molecular weight is 280 g/mol. The summed E-state index contributed by atoms with van der Waals surface area (Å²) in [4.78, 5) is 25.6. The highest BCUT2D eigenvalue weighted by atomic mass is 35.5. The van der Waals surface area contributed by atoms with Crippen LogP contribution in [-0.4, -0.2) is 35.3 Å². The Morgan fingerprint density at radius 3 is 2.68 bits per heavy atom. The number of ether oxygens (including phenoxy) is 1. The van der Waals surface area contributed by atoms with Gasteiger partial charge in [0.05, 0.1) is 5.56 Å². The van der Waals surface area contributed by atoms with Gasteiger partial charge in [0.2, 0.25) is 11.7 Å². The zero-order valence-electron chi connectivity index (χ0n) is 10.6. The van der Waals surface area contributed by atoms with Gasteiger partial charge in [-0.3, -0.25) is 9.59 Å². The Kier molecular flexibility index (Phi) is 2.78. The summed E-state index contributed by atoms with van der Waals surface area (Å²) in [5, 5.41) is 0.560. The Labute approximate surface area is 116 Å². The number of benzene rings is 1. The van der Waals surface area contributed by atoms with Crippen LogP contribution in [-0.2, 0) is 4.79 Å². The highest BCUT2D eigenvalue weighted by Crippen LogP contribution is 2.41. The fourth-order valence-corrected chi connectivity index (χ4v) is 2.94. The van der Waals surface area contributed by atoms with Crippen LogP contribution in [0.2, 0.25) is 5.02 Å². The Hall–Kier alpha value is -1.55. The van der Waals surface area contributed by atoms with Crippen molar-refractivity contribution in [2.45, 2.75) is 25.4 Å². The molecule has 1 fully saturated rings. The first kappa shape index (κ1) is 12.5. The predicted molar refractivity (Wildman–Crippen MR) is 70.6 cm³/mol. The van der Waals surface area contributed by atoms with E-state index in [1.54, 1.807) is 30.0 Å². The van der Waals surface area contributed by atoms with Gasteiger partial charge in [-0.1, -0.05) is 11.6 Å². The zero-order valence-corrected chi connectivity index (χ0v) is 11.4. The van der Waals surface area contributed by atoms with E-state index in [4.69, 9.17) is 16.3 Å². The number of halogens is 1. The maximum absolute atomic E-state index is 12.5. The van der Waals surface area contributed by atoms with Crippen molar-refractivity contribution in [3.63, 3.8) is 0 Å². The zero-order chi connectivity index (χ0) is 13.6. The van der Waals surface area contributed by atoms with Crippen molar-refractivity contribution in [3.8, 4) is 5.75 Å². The lowest BCUT2D eigenvalue weighted by molar-refractivity contribution is -0.131. The minimum Gasteiger partial charge on any atom is -0.478 e. The van der Waals surface area contributed by atoms with Crippen LogP contribution in [0.15, 0.2) is 18.2 Å². The molecule has 0 atom stereocenters. The van der Waals surface area contributed by atoms with E-state index in [1.807, 2.05) is 0 Å². The quantitative estimate of drug-likeness (QED) is 0.732. The second-order valence-electron chi connectivity index (χ2n) is 5.07. The van der Waals surface area contributed by atoms with E-state index in [2.05, 4.69) is 0 Å². The lowest BCUT2D eigenvalue weighted by Gasteiger charge is -2.36. The second-order valence-corrected chi connectivity index (χ2v) is 5.51. The molecule has 5 heteroatoms. The van der Waals surface area contributed by atoms with Crippen molar-refractivity contribution in [2.24, 2.45) is 0 Å². The molecule has 19 heavy (non-hydrogen) atoms. The van der Waals surface area contributed by atoms with Gasteiger partial charge in [0.25, 0.3) is 0 Å². The SMILES string of the molecule is CC(=O)N1CCC2(CC1)Oc1cc(Cl)ccc1C2=O. The summed E-state index contributed by atoms with van der Waals surface area (Å²) in [5.41, 5.74) is -0.195. The first-order chi connectivity index (χ1) is 9.02. The van der Waals surface area contributed by atoms with Gasteiger partial charge in [0, 0.05) is 37.9 Å². The molecule has 0 unspecified atom stereocenters. The number of carbonyl (C=O) groups excluding carboxylic acids is 2. The van der Waals surface area contributed by atoms with Gasteiger partial charge in [-0.05, 0) is 18.2 Å². The highest BCUT2D eigenvalue weighted by molar-refractivity contribution is 6.31. The Morgan fingerprint density at radius 2 is 2.05 bits per heavy atom. The molecule has 0 saturated carbocycles. The third-order valence-electron chi connectivity index (χ3n) is 3.92. The number of fused-ring (bicyclic) bond motifs is 1. The molecule has 0 aliphatic carbocycles. The van der Waals surface area contributed by atoms with Crippen LogP contribution in [0.3, 0.4) is 0 Å². The highest BCUT2D eigenvalue weighted by Gasteiger charge is 2.49. The van der Waals surface area contributed by atoms with E-state index >= 15 is 0 Å². The molecule has 2 aliphatic heterocycles. The third-order valence-corrected chi connectivity index (χ3v) is 4.16. The molecule has 1 spiro atoms. The Bertz CT molecular complexity index is 562. The number of likely N-dealkylation sites (tertiary alicyclic amines) is 1. The number of ketones is 1. The Balaban J connectivity index is 1.86. The van der Waals surface area contributed by atoms with Crippen LogP contribution in [0.25, 0.3) is 0 Å². The summed E-state index contributed by atoms with van der Waals surface area (Å²) in [6, 6.07) is 5.10. The molecule has 4 nitrogen and oxygen atoms in total. The normalized spacial score (nSPS) is 20.3. The van der Waals surface area contributed by atoms with Gasteiger partial charge >= 0.3 is 0 Å². The molecule has 1 amide bonds. The van der Waals surface area contributed by atoms with E-state index in [0.717, 1.165) is 0 Å². The molecule has 0 N–H and O–H groups in total. The number of hydrogen-bond acceptors (Lipinski definition) is 3.